The molecule has 3 aliphatic rings. The molecule has 198 valence electrons. The van der Waals surface area contributed by atoms with Gasteiger partial charge in [0.1, 0.15) is 31.1 Å². The first-order valence-corrected chi connectivity index (χ1v) is 11.6. The lowest BCUT2D eigenvalue weighted by Crippen LogP contribution is -2.50. The lowest BCUT2D eigenvalue weighted by atomic mass is 10.2. The third-order valence-corrected chi connectivity index (χ3v) is 6.22. The molecule has 12 nitrogen and oxygen atoms in total. The van der Waals surface area contributed by atoms with E-state index in [0.717, 1.165) is 24.6 Å². The molecule has 1 fully saturated rings. The van der Waals surface area contributed by atoms with Crippen LogP contribution >= 0.6 is 0 Å². The van der Waals surface area contributed by atoms with Crippen LogP contribution in [0.25, 0.3) is 0 Å². The van der Waals surface area contributed by atoms with Crippen LogP contribution in [0.15, 0.2) is 47.7 Å². The summed E-state index contributed by atoms with van der Waals surface area (Å²) in [4.78, 5) is 25.2. The molecule has 3 aliphatic heterocycles. The first kappa shape index (κ1) is 24.7. The second-order valence-electron chi connectivity index (χ2n) is 8.74. The monoisotopic (exact) mass is 522 g/mol. The van der Waals surface area contributed by atoms with Gasteiger partial charge in [0.15, 0.2) is 0 Å². The van der Waals surface area contributed by atoms with Crippen LogP contribution in [0.4, 0.5) is 24.7 Å². The molecule has 1 aromatic heterocycles. The number of ether oxygens (including phenoxy) is 2. The molecule has 0 radical (unpaired) electrons. The molecule has 37 heavy (non-hydrogen) atoms. The van der Waals surface area contributed by atoms with E-state index in [1.807, 2.05) is 17.2 Å². The molecule has 0 spiro atoms. The van der Waals surface area contributed by atoms with Gasteiger partial charge < -0.3 is 34.3 Å². The van der Waals surface area contributed by atoms with Gasteiger partial charge >= 0.3 is 18.2 Å². The summed E-state index contributed by atoms with van der Waals surface area (Å²) in [6.45, 7) is 4.81. The lowest BCUT2D eigenvalue weighted by Gasteiger charge is -2.38. The topological polar surface area (TPSA) is 114 Å². The zero-order valence-corrected chi connectivity index (χ0v) is 19.7. The number of rotatable bonds is 6. The van der Waals surface area contributed by atoms with E-state index in [1.54, 1.807) is 16.7 Å². The summed E-state index contributed by atoms with van der Waals surface area (Å²) in [5, 5.41) is 14.3. The zero-order valence-electron chi connectivity index (χ0n) is 19.7. The summed E-state index contributed by atoms with van der Waals surface area (Å²) < 4.78 is 48.1. The van der Waals surface area contributed by atoms with Crippen LogP contribution in [0.1, 0.15) is 0 Å². The third-order valence-electron chi connectivity index (χ3n) is 6.22. The summed E-state index contributed by atoms with van der Waals surface area (Å²) in [6.07, 6.45) is 0.599. The van der Waals surface area contributed by atoms with Crippen molar-refractivity contribution in [3.63, 3.8) is 0 Å². The average molecular weight is 522 g/mol. The van der Waals surface area contributed by atoms with Gasteiger partial charge in [-0.25, -0.2) is 4.99 Å². The number of halogens is 3. The molecule has 0 saturated carbocycles. The quantitative estimate of drug-likeness (QED) is 0.450. The third kappa shape index (κ3) is 6.04. The Kier molecular flexibility index (Phi) is 6.78. The number of amidine groups is 1. The Labute approximate surface area is 209 Å². The maximum absolute atomic E-state index is 12.4. The number of nitrogens with one attached hydrogen (secondary N) is 1. The van der Waals surface area contributed by atoms with E-state index in [1.165, 1.54) is 18.3 Å². The van der Waals surface area contributed by atoms with Gasteiger partial charge in [0.25, 0.3) is 0 Å². The number of piperazine rings is 1. The fourth-order valence-electron chi connectivity index (χ4n) is 4.35. The van der Waals surface area contributed by atoms with Crippen molar-refractivity contribution < 1.29 is 27.6 Å². The first-order chi connectivity index (χ1) is 17.7. The van der Waals surface area contributed by atoms with Crippen molar-refractivity contribution in [1.29, 1.82) is 0 Å². The number of imidazole rings is 1. The molecule has 1 N–H and O–H groups in total. The maximum atomic E-state index is 12.4. The molecule has 4 heterocycles. The van der Waals surface area contributed by atoms with Gasteiger partial charge in [0, 0.05) is 49.6 Å². The molecule has 0 bridgehead atoms. The predicted molar refractivity (Wildman–Crippen MR) is 126 cm³/mol. The SMILES string of the molecule is O=[N+]([O-])c1cn2c(n1)OC[C@@H](NCN1C=CC(N3CCN(c4ccc(OC(F)(F)F)cc4)CC3)=NC1)C2. The van der Waals surface area contributed by atoms with Gasteiger partial charge in [0.05, 0.1) is 12.7 Å². The van der Waals surface area contributed by atoms with Crippen molar-refractivity contribution in [1.82, 2.24) is 24.7 Å². The van der Waals surface area contributed by atoms with Crippen molar-refractivity contribution in [3.05, 3.63) is 52.9 Å². The summed E-state index contributed by atoms with van der Waals surface area (Å²) in [5.41, 5.74) is 0.844. The number of aromatic nitrogens is 2. The minimum Gasteiger partial charge on any atom is -0.444 e. The number of nitrogens with zero attached hydrogens (tertiary/aromatic N) is 7. The highest BCUT2D eigenvalue weighted by Crippen LogP contribution is 2.26. The molecular formula is C22H25F3N8O4. The molecule has 15 heteroatoms. The van der Waals surface area contributed by atoms with Crippen LogP contribution in [-0.2, 0) is 6.54 Å². The number of benzene rings is 1. The van der Waals surface area contributed by atoms with Crippen LogP contribution in [0.3, 0.4) is 0 Å². The minimum atomic E-state index is -4.70. The second kappa shape index (κ2) is 10.2. The highest BCUT2D eigenvalue weighted by Gasteiger charge is 2.31. The average Bonchev–Trinajstić information content (AvgIpc) is 3.32. The van der Waals surface area contributed by atoms with Crippen LogP contribution < -0.4 is 19.7 Å². The number of hydrogen-bond acceptors (Lipinski definition) is 10. The number of anilines is 1. The molecule has 0 unspecified atom stereocenters. The van der Waals surface area contributed by atoms with Crippen molar-refractivity contribution in [2.24, 2.45) is 4.99 Å². The normalized spacial score (nSPS) is 19.8. The maximum Gasteiger partial charge on any atom is 0.573 e. The second-order valence-corrected chi connectivity index (χ2v) is 8.74. The van der Waals surface area contributed by atoms with Crippen LogP contribution in [0.2, 0.25) is 0 Å². The molecule has 2 aromatic rings. The van der Waals surface area contributed by atoms with Gasteiger partial charge in [0.2, 0.25) is 0 Å². The molecule has 5 rings (SSSR count). The summed E-state index contributed by atoms with van der Waals surface area (Å²) in [5.74, 6) is 0.425. The Bertz CT molecular complexity index is 1180. The van der Waals surface area contributed by atoms with Gasteiger partial charge in [-0.1, -0.05) is 0 Å². The molecule has 1 aromatic carbocycles. The van der Waals surface area contributed by atoms with Crippen LogP contribution in [0.5, 0.6) is 11.8 Å². The van der Waals surface area contributed by atoms with Crippen LogP contribution in [0, 0.1) is 10.1 Å². The largest absolute Gasteiger partial charge is 0.573 e. The Balaban J connectivity index is 1.05. The Morgan fingerprint density at radius 1 is 1.16 bits per heavy atom. The Morgan fingerprint density at radius 2 is 1.89 bits per heavy atom. The van der Waals surface area contributed by atoms with Gasteiger partial charge in [-0.05, 0) is 35.3 Å². The zero-order chi connectivity index (χ0) is 26.0. The Hall–Kier alpha value is -4.01. The van der Waals surface area contributed by atoms with Gasteiger partial charge in [-0.2, -0.15) is 0 Å². The predicted octanol–water partition coefficient (Wildman–Crippen LogP) is 2.01. The van der Waals surface area contributed by atoms with E-state index in [9.17, 15) is 23.3 Å². The van der Waals surface area contributed by atoms with Gasteiger partial charge in [-0.3, -0.25) is 9.88 Å². The van der Waals surface area contributed by atoms with Crippen molar-refractivity contribution in [3.8, 4) is 11.8 Å². The first-order valence-electron chi connectivity index (χ1n) is 11.6. The number of alkyl halides is 3. The lowest BCUT2D eigenvalue weighted by molar-refractivity contribution is -0.389. The number of hydrogen-bond donors (Lipinski definition) is 1. The Morgan fingerprint density at radius 3 is 2.54 bits per heavy atom. The fourth-order valence-corrected chi connectivity index (χ4v) is 4.35. The van der Waals surface area contributed by atoms with E-state index in [4.69, 9.17) is 4.74 Å². The van der Waals surface area contributed by atoms with Crippen molar-refractivity contribution >= 4 is 17.3 Å². The number of fused-ring (bicyclic) bond motifs is 1. The van der Waals surface area contributed by atoms with E-state index in [-0.39, 0.29) is 23.6 Å². The molecule has 1 saturated heterocycles. The summed E-state index contributed by atoms with van der Waals surface area (Å²) in [6, 6.07) is 6.14. The number of nitro groups is 1. The van der Waals surface area contributed by atoms with E-state index in [0.29, 0.717) is 39.6 Å². The standard InChI is InChI=1S/C22H25F3N8O4/c23-22(24,25)37-18-3-1-17(2-4-18)30-7-9-31(10-8-30)19-5-6-29(15-27-19)14-26-16-11-32-12-20(33(34)35)28-21(32)36-13-16/h1-6,12,16,26H,7-11,13-15H2/t16-/m0/s1. The minimum absolute atomic E-state index is 0.0257. The molecular weight excluding hydrogens is 497 g/mol. The molecule has 0 amide bonds. The highest BCUT2D eigenvalue weighted by atomic mass is 19.4. The van der Waals surface area contributed by atoms with E-state index >= 15 is 0 Å². The smallest absolute Gasteiger partial charge is 0.444 e. The van der Waals surface area contributed by atoms with Crippen molar-refractivity contribution in [2.75, 3.05) is 51.0 Å². The molecule has 1 atom stereocenters. The fraction of sp³-hybridized carbons (Fsp3) is 0.455. The van der Waals surface area contributed by atoms with E-state index in [2.05, 4.69) is 29.8 Å². The summed E-state index contributed by atoms with van der Waals surface area (Å²) >= 11 is 0. The number of aliphatic imine (C=N–C) groups is 1. The highest BCUT2D eigenvalue weighted by molar-refractivity contribution is 5.93. The van der Waals surface area contributed by atoms with E-state index < -0.39 is 11.3 Å². The summed E-state index contributed by atoms with van der Waals surface area (Å²) in [7, 11) is 0. The van der Waals surface area contributed by atoms with Crippen LogP contribution in [-0.4, -0.2) is 88.6 Å². The van der Waals surface area contributed by atoms with Gasteiger partial charge in [-0.15, -0.1) is 13.2 Å². The molecule has 0 aliphatic carbocycles. The van der Waals surface area contributed by atoms with Crippen molar-refractivity contribution in [2.45, 2.75) is 18.9 Å².